The molecule has 140 valence electrons. The van der Waals surface area contributed by atoms with Crippen molar-refractivity contribution in [3.05, 3.63) is 52.4 Å². The zero-order valence-electron chi connectivity index (χ0n) is 15.2. The van der Waals surface area contributed by atoms with E-state index in [1.54, 1.807) is 18.2 Å². The number of aromatic nitrogens is 2. The van der Waals surface area contributed by atoms with E-state index in [-0.39, 0.29) is 11.7 Å². The van der Waals surface area contributed by atoms with Crippen LogP contribution in [0.5, 0.6) is 0 Å². The Balaban J connectivity index is 1.63. The highest BCUT2D eigenvalue weighted by molar-refractivity contribution is 7.20. The predicted octanol–water partition coefficient (Wildman–Crippen LogP) is 4.38. The van der Waals surface area contributed by atoms with E-state index in [9.17, 15) is 9.18 Å². The lowest BCUT2D eigenvalue weighted by atomic mass is 10.1. The Morgan fingerprint density at radius 3 is 2.78 bits per heavy atom. The monoisotopic (exact) mass is 384 g/mol. The summed E-state index contributed by atoms with van der Waals surface area (Å²) in [6, 6.07) is 6.66. The summed E-state index contributed by atoms with van der Waals surface area (Å²) in [7, 11) is 0. The van der Waals surface area contributed by atoms with Gasteiger partial charge in [0, 0.05) is 25.2 Å². The van der Waals surface area contributed by atoms with Crippen LogP contribution in [-0.4, -0.2) is 33.9 Å². The summed E-state index contributed by atoms with van der Waals surface area (Å²) < 4.78 is 13.9. The van der Waals surface area contributed by atoms with Crippen molar-refractivity contribution in [2.45, 2.75) is 32.7 Å². The van der Waals surface area contributed by atoms with Crippen molar-refractivity contribution in [3.8, 4) is 0 Å². The number of anilines is 1. The van der Waals surface area contributed by atoms with E-state index in [4.69, 9.17) is 0 Å². The van der Waals surface area contributed by atoms with Crippen molar-refractivity contribution < 1.29 is 9.18 Å². The Bertz CT molecular complexity index is 981. The topological polar surface area (TPSA) is 58.1 Å². The summed E-state index contributed by atoms with van der Waals surface area (Å²) >= 11 is 1.41. The number of fused-ring (bicyclic) bond motifs is 1. The van der Waals surface area contributed by atoms with E-state index in [0.29, 0.717) is 17.9 Å². The Kier molecular flexibility index (Phi) is 5.03. The fraction of sp³-hybridized carbons (Fsp3) is 0.350. The Labute approximate surface area is 161 Å². The quantitative estimate of drug-likeness (QED) is 0.725. The molecule has 1 fully saturated rings. The molecule has 27 heavy (non-hydrogen) atoms. The number of amides is 1. The number of halogens is 1. The molecule has 1 N–H and O–H groups in total. The van der Waals surface area contributed by atoms with Crippen LogP contribution in [0.25, 0.3) is 10.2 Å². The van der Waals surface area contributed by atoms with Crippen LogP contribution >= 0.6 is 11.3 Å². The molecular weight excluding hydrogens is 363 g/mol. The Morgan fingerprint density at radius 2 is 2.00 bits per heavy atom. The van der Waals surface area contributed by atoms with Crippen LogP contribution in [0, 0.1) is 12.7 Å². The maximum Gasteiger partial charge on any atom is 0.264 e. The standard InChI is InChI=1S/C20H21FN4OS/c1-13-16-18(22-11-14-7-3-4-8-15(14)21)23-12-24-19(16)27-17(13)20(26)25-9-5-2-6-10-25/h3-4,7-8,12H,2,5-6,9-11H2,1H3,(H,22,23,24). The zero-order valence-corrected chi connectivity index (χ0v) is 16.0. The molecule has 3 heterocycles. The average Bonchev–Trinajstić information content (AvgIpc) is 3.05. The minimum Gasteiger partial charge on any atom is -0.365 e. The van der Waals surface area contributed by atoms with Gasteiger partial charge in [0.05, 0.1) is 10.3 Å². The van der Waals surface area contributed by atoms with Gasteiger partial charge in [-0.25, -0.2) is 14.4 Å². The Morgan fingerprint density at radius 1 is 1.22 bits per heavy atom. The summed E-state index contributed by atoms with van der Waals surface area (Å²) in [4.78, 5) is 25.1. The van der Waals surface area contributed by atoms with Gasteiger partial charge in [-0.2, -0.15) is 0 Å². The molecule has 1 aromatic carbocycles. The van der Waals surface area contributed by atoms with Gasteiger partial charge >= 0.3 is 0 Å². The van der Waals surface area contributed by atoms with E-state index in [1.165, 1.54) is 30.2 Å². The number of carbonyl (C=O) groups excluding carboxylic acids is 1. The molecule has 0 unspecified atom stereocenters. The number of thiophene rings is 1. The van der Waals surface area contributed by atoms with Gasteiger partial charge in [-0.3, -0.25) is 4.79 Å². The molecule has 3 aromatic rings. The SMILES string of the molecule is Cc1c(C(=O)N2CCCCC2)sc2ncnc(NCc3ccccc3F)c12. The Hall–Kier alpha value is -2.54. The molecule has 2 aromatic heterocycles. The first-order valence-corrected chi connectivity index (χ1v) is 9.97. The largest absolute Gasteiger partial charge is 0.365 e. The smallest absolute Gasteiger partial charge is 0.264 e. The van der Waals surface area contributed by atoms with Gasteiger partial charge in [-0.15, -0.1) is 11.3 Å². The molecular formula is C20H21FN4OS. The maximum absolute atomic E-state index is 13.9. The first kappa shape index (κ1) is 17.9. The summed E-state index contributed by atoms with van der Waals surface area (Å²) in [5.41, 5.74) is 1.46. The summed E-state index contributed by atoms with van der Waals surface area (Å²) in [6.45, 7) is 3.89. The summed E-state index contributed by atoms with van der Waals surface area (Å²) in [6.07, 6.45) is 4.79. The van der Waals surface area contributed by atoms with Gasteiger partial charge in [0.25, 0.3) is 5.91 Å². The third-order valence-corrected chi connectivity index (χ3v) is 6.16. The van der Waals surface area contributed by atoms with Crippen molar-refractivity contribution in [2.24, 2.45) is 0 Å². The number of hydrogen-bond donors (Lipinski definition) is 1. The zero-order chi connectivity index (χ0) is 18.8. The van der Waals surface area contributed by atoms with Crippen molar-refractivity contribution in [1.29, 1.82) is 0 Å². The fourth-order valence-corrected chi connectivity index (χ4v) is 4.59. The lowest BCUT2D eigenvalue weighted by Gasteiger charge is -2.26. The normalized spacial score (nSPS) is 14.5. The molecule has 0 spiro atoms. The van der Waals surface area contributed by atoms with E-state index in [0.717, 1.165) is 46.6 Å². The van der Waals surface area contributed by atoms with Crippen molar-refractivity contribution in [2.75, 3.05) is 18.4 Å². The van der Waals surface area contributed by atoms with Gasteiger partial charge in [-0.05, 0) is 37.8 Å². The van der Waals surface area contributed by atoms with E-state index in [2.05, 4.69) is 15.3 Å². The molecule has 0 radical (unpaired) electrons. The van der Waals surface area contributed by atoms with E-state index < -0.39 is 0 Å². The van der Waals surface area contributed by atoms with Crippen LogP contribution in [0.2, 0.25) is 0 Å². The van der Waals surface area contributed by atoms with E-state index >= 15 is 0 Å². The molecule has 0 saturated carbocycles. The second-order valence-electron chi connectivity index (χ2n) is 6.76. The number of piperidine rings is 1. The van der Waals surface area contributed by atoms with Gasteiger partial charge < -0.3 is 10.2 Å². The lowest BCUT2D eigenvalue weighted by Crippen LogP contribution is -2.35. The van der Waals surface area contributed by atoms with Gasteiger partial charge in [0.2, 0.25) is 0 Å². The van der Waals surface area contributed by atoms with Crippen LogP contribution in [0.3, 0.4) is 0 Å². The highest BCUT2D eigenvalue weighted by Crippen LogP contribution is 2.34. The molecule has 5 nitrogen and oxygen atoms in total. The number of benzene rings is 1. The first-order chi connectivity index (χ1) is 13.1. The van der Waals surface area contributed by atoms with E-state index in [1.807, 2.05) is 11.8 Å². The molecule has 1 amide bonds. The number of nitrogens with one attached hydrogen (secondary N) is 1. The van der Waals surface area contributed by atoms with Crippen LogP contribution in [-0.2, 0) is 6.54 Å². The molecule has 4 rings (SSSR count). The molecule has 0 atom stereocenters. The predicted molar refractivity (Wildman–Crippen MR) is 106 cm³/mol. The van der Waals surface area contributed by atoms with Crippen molar-refractivity contribution in [1.82, 2.24) is 14.9 Å². The fourth-order valence-electron chi connectivity index (χ4n) is 3.47. The molecule has 7 heteroatoms. The lowest BCUT2D eigenvalue weighted by molar-refractivity contribution is 0.0728. The number of likely N-dealkylation sites (tertiary alicyclic amines) is 1. The van der Waals surface area contributed by atoms with Crippen LogP contribution in [0.15, 0.2) is 30.6 Å². The number of hydrogen-bond acceptors (Lipinski definition) is 5. The molecule has 0 aliphatic carbocycles. The van der Waals surface area contributed by atoms with Gasteiger partial charge in [0.15, 0.2) is 0 Å². The number of carbonyl (C=O) groups is 1. The minimum absolute atomic E-state index is 0.0789. The third kappa shape index (κ3) is 3.51. The molecule has 1 aliphatic rings. The van der Waals surface area contributed by atoms with Crippen molar-refractivity contribution in [3.63, 3.8) is 0 Å². The summed E-state index contributed by atoms with van der Waals surface area (Å²) in [5, 5.41) is 4.05. The van der Waals surface area contributed by atoms with Crippen LogP contribution in [0.1, 0.15) is 40.1 Å². The number of aryl methyl sites for hydroxylation is 1. The molecule has 1 aliphatic heterocycles. The minimum atomic E-state index is -0.252. The second kappa shape index (κ2) is 7.60. The van der Waals surface area contributed by atoms with Crippen LogP contribution in [0.4, 0.5) is 10.2 Å². The van der Waals surface area contributed by atoms with Crippen molar-refractivity contribution >= 4 is 33.3 Å². The number of nitrogens with zero attached hydrogens (tertiary/aromatic N) is 3. The van der Waals surface area contributed by atoms with Crippen LogP contribution < -0.4 is 5.32 Å². The number of rotatable bonds is 4. The third-order valence-electron chi connectivity index (χ3n) is 4.97. The first-order valence-electron chi connectivity index (χ1n) is 9.16. The van der Waals surface area contributed by atoms with Gasteiger partial charge in [0.1, 0.15) is 22.8 Å². The molecule has 1 saturated heterocycles. The molecule has 0 bridgehead atoms. The van der Waals surface area contributed by atoms with Gasteiger partial charge in [-0.1, -0.05) is 18.2 Å². The highest BCUT2D eigenvalue weighted by Gasteiger charge is 2.24. The summed E-state index contributed by atoms with van der Waals surface area (Å²) in [5.74, 6) is 0.461. The second-order valence-corrected chi connectivity index (χ2v) is 7.76. The average molecular weight is 384 g/mol. The maximum atomic E-state index is 13.9. The highest BCUT2D eigenvalue weighted by atomic mass is 32.1.